The fraction of sp³-hybridized carbons (Fsp3) is 0.238. The number of rotatable bonds is 2. The third kappa shape index (κ3) is 3.00. The van der Waals surface area contributed by atoms with Crippen molar-refractivity contribution < 1.29 is 14.0 Å². The first-order valence-electron chi connectivity index (χ1n) is 8.48. The maximum absolute atomic E-state index is 13.2. The van der Waals surface area contributed by atoms with Crippen LogP contribution in [0.5, 0.6) is 0 Å². The van der Waals surface area contributed by atoms with E-state index in [1.165, 1.54) is 12.1 Å². The Balaban J connectivity index is 1.70. The van der Waals surface area contributed by atoms with Crippen LogP contribution in [0.3, 0.4) is 0 Å². The van der Waals surface area contributed by atoms with Crippen LogP contribution >= 0.6 is 0 Å². The van der Waals surface area contributed by atoms with Gasteiger partial charge in [-0.2, -0.15) is 0 Å². The smallest absolute Gasteiger partial charge is 0.225 e. The highest BCUT2D eigenvalue weighted by Crippen LogP contribution is 2.42. The Labute approximate surface area is 145 Å². The molecule has 2 aliphatic rings. The van der Waals surface area contributed by atoms with Crippen molar-refractivity contribution in [3.8, 4) is 0 Å². The number of benzene rings is 2. The summed E-state index contributed by atoms with van der Waals surface area (Å²) in [5.74, 6) is -0.473. The number of hydrogen-bond donors (Lipinski definition) is 1. The minimum Gasteiger partial charge on any atom is -0.329 e. The molecule has 1 amide bonds. The van der Waals surface area contributed by atoms with E-state index in [9.17, 15) is 14.0 Å². The maximum atomic E-state index is 13.2. The van der Waals surface area contributed by atoms with Gasteiger partial charge in [-0.05, 0) is 35.6 Å². The molecule has 4 rings (SSSR count). The van der Waals surface area contributed by atoms with Gasteiger partial charge in [-0.1, -0.05) is 42.5 Å². The first kappa shape index (κ1) is 15.8. The molecule has 0 saturated carbocycles. The molecule has 0 saturated heterocycles. The van der Waals surface area contributed by atoms with Crippen molar-refractivity contribution in [2.24, 2.45) is 0 Å². The summed E-state index contributed by atoms with van der Waals surface area (Å²) in [5.41, 5.74) is 3.40. The first-order valence-corrected chi connectivity index (χ1v) is 8.48. The predicted molar refractivity (Wildman–Crippen MR) is 92.4 cm³/mol. The van der Waals surface area contributed by atoms with Gasteiger partial charge in [0.15, 0.2) is 5.78 Å². The lowest BCUT2D eigenvalue weighted by Crippen LogP contribution is -2.38. The van der Waals surface area contributed by atoms with Gasteiger partial charge in [0.2, 0.25) is 5.91 Å². The second-order valence-corrected chi connectivity index (χ2v) is 6.69. The second-order valence-electron chi connectivity index (χ2n) is 6.69. The molecule has 0 aromatic heterocycles. The Morgan fingerprint density at radius 3 is 2.28 bits per heavy atom. The summed E-state index contributed by atoms with van der Waals surface area (Å²) in [6.45, 7) is 0. The number of carbonyl (C=O) groups is 2. The number of halogens is 1. The molecule has 1 aliphatic heterocycles. The largest absolute Gasteiger partial charge is 0.329 e. The van der Waals surface area contributed by atoms with Crippen LogP contribution < -0.4 is 5.32 Å². The monoisotopic (exact) mass is 335 g/mol. The van der Waals surface area contributed by atoms with Crippen molar-refractivity contribution in [3.63, 3.8) is 0 Å². The number of carbonyl (C=O) groups excluding carboxylic acids is 2. The zero-order valence-corrected chi connectivity index (χ0v) is 13.7. The molecule has 2 atom stereocenters. The van der Waals surface area contributed by atoms with Crippen LogP contribution in [0.4, 0.5) is 4.39 Å². The molecular weight excluding hydrogens is 317 g/mol. The number of ketones is 1. The van der Waals surface area contributed by atoms with E-state index in [4.69, 9.17) is 0 Å². The summed E-state index contributed by atoms with van der Waals surface area (Å²) < 4.78 is 13.2. The zero-order chi connectivity index (χ0) is 17.4. The fourth-order valence-corrected chi connectivity index (χ4v) is 3.90. The van der Waals surface area contributed by atoms with E-state index >= 15 is 0 Å². The molecule has 126 valence electrons. The molecule has 4 heteroatoms. The van der Waals surface area contributed by atoms with Crippen LogP contribution in [0.1, 0.15) is 42.2 Å². The average Bonchev–Trinajstić information content (AvgIpc) is 2.62. The van der Waals surface area contributed by atoms with Gasteiger partial charge in [0.25, 0.3) is 0 Å². The molecule has 0 unspecified atom stereocenters. The highest BCUT2D eigenvalue weighted by Gasteiger charge is 2.38. The van der Waals surface area contributed by atoms with Crippen LogP contribution in [0, 0.1) is 5.82 Å². The van der Waals surface area contributed by atoms with Gasteiger partial charge in [0, 0.05) is 30.0 Å². The van der Waals surface area contributed by atoms with E-state index in [-0.39, 0.29) is 29.3 Å². The van der Waals surface area contributed by atoms with Crippen LogP contribution in [0.15, 0.2) is 65.9 Å². The Bertz CT molecular complexity index is 855. The number of allylic oxidation sites excluding steroid dienone is 2. The Morgan fingerprint density at radius 2 is 1.56 bits per heavy atom. The summed E-state index contributed by atoms with van der Waals surface area (Å²) in [6.07, 6.45) is 1.29. The van der Waals surface area contributed by atoms with Crippen molar-refractivity contribution in [1.29, 1.82) is 0 Å². The van der Waals surface area contributed by atoms with Crippen LogP contribution in [-0.4, -0.2) is 11.7 Å². The van der Waals surface area contributed by atoms with Gasteiger partial charge in [0.1, 0.15) is 5.82 Å². The van der Waals surface area contributed by atoms with Crippen LogP contribution in [0.25, 0.3) is 0 Å². The highest BCUT2D eigenvalue weighted by molar-refractivity contribution is 6.02. The Morgan fingerprint density at radius 1 is 0.840 bits per heavy atom. The molecule has 0 bridgehead atoms. The molecule has 1 aliphatic carbocycles. The molecule has 0 fully saturated rings. The summed E-state index contributed by atoms with van der Waals surface area (Å²) >= 11 is 0. The summed E-state index contributed by atoms with van der Waals surface area (Å²) in [6, 6.07) is 16.0. The van der Waals surface area contributed by atoms with Crippen molar-refractivity contribution in [2.45, 2.75) is 31.1 Å². The highest BCUT2D eigenvalue weighted by atomic mass is 19.1. The van der Waals surface area contributed by atoms with Gasteiger partial charge in [0.05, 0.1) is 0 Å². The lowest BCUT2D eigenvalue weighted by molar-refractivity contribution is -0.122. The molecule has 2 aromatic carbocycles. The number of Topliss-reactive ketones (excluding diaryl/α,β-unsaturated/α-hetero) is 1. The zero-order valence-electron chi connectivity index (χ0n) is 13.7. The van der Waals surface area contributed by atoms with Crippen LogP contribution in [0.2, 0.25) is 0 Å². The van der Waals surface area contributed by atoms with E-state index in [1.54, 1.807) is 12.1 Å². The topological polar surface area (TPSA) is 46.2 Å². The Hall–Kier alpha value is -2.75. The molecule has 2 aromatic rings. The van der Waals surface area contributed by atoms with Crippen LogP contribution in [-0.2, 0) is 9.59 Å². The normalized spacial score (nSPS) is 23.2. The molecule has 3 nitrogen and oxygen atoms in total. The number of nitrogens with one attached hydrogen (secondary N) is 1. The maximum Gasteiger partial charge on any atom is 0.225 e. The van der Waals surface area contributed by atoms with E-state index < -0.39 is 0 Å². The Kier molecular flexibility index (Phi) is 3.96. The van der Waals surface area contributed by atoms with Crippen molar-refractivity contribution in [3.05, 3.63) is 82.8 Å². The molecular formula is C21H18FNO2. The van der Waals surface area contributed by atoms with E-state index in [0.717, 1.165) is 22.4 Å². The van der Waals surface area contributed by atoms with Crippen molar-refractivity contribution >= 4 is 11.7 Å². The third-order valence-electron chi connectivity index (χ3n) is 5.08. The predicted octanol–water partition coefficient (Wildman–Crippen LogP) is 3.83. The van der Waals surface area contributed by atoms with E-state index in [1.807, 2.05) is 30.3 Å². The minimum absolute atomic E-state index is 0.0262. The lowest BCUT2D eigenvalue weighted by Gasteiger charge is -2.34. The third-order valence-corrected chi connectivity index (χ3v) is 5.08. The molecule has 1 N–H and O–H groups in total. The standard InChI is InChI=1S/C21H18FNO2/c22-16-8-6-13(7-9-16)15-10-18-21(19(24)11-15)17(12-20(25)23-18)14-4-2-1-3-5-14/h1-9,15,17H,10-12H2,(H,23,25)/t15-,17+/m1/s1. The number of hydrogen-bond acceptors (Lipinski definition) is 2. The van der Waals surface area contributed by atoms with Crippen molar-refractivity contribution in [2.75, 3.05) is 0 Å². The van der Waals surface area contributed by atoms with Gasteiger partial charge in [-0.15, -0.1) is 0 Å². The quantitative estimate of drug-likeness (QED) is 0.906. The van der Waals surface area contributed by atoms with Gasteiger partial charge in [-0.25, -0.2) is 4.39 Å². The average molecular weight is 335 g/mol. The fourth-order valence-electron chi connectivity index (χ4n) is 3.90. The van der Waals surface area contributed by atoms with E-state index in [2.05, 4.69) is 5.32 Å². The SMILES string of the molecule is O=C1C[C@@H](c2ccccc2)C2=C(C[C@@H](c3ccc(F)cc3)CC2=O)N1. The summed E-state index contributed by atoms with van der Waals surface area (Å²) in [5, 5.41) is 2.91. The first-order chi connectivity index (χ1) is 12.1. The minimum atomic E-state index is -0.291. The van der Waals surface area contributed by atoms with Gasteiger partial charge >= 0.3 is 0 Å². The van der Waals surface area contributed by atoms with E-state index in [0.29, 0.717) is 19.3 Å². The molecule has 0 spiro atoms. The van der Waals surface area contributed by atoms with Gasteiger partial charge in [-0.3, -0.25) is 9.59 Å². The van der Waals surface area contributed by atoms with Gasteiger partial charge < -0.3 is 5.32 Å². The molecule has 0 radical (unpaired) electrons. The lowest BCUT2D eigenvalue weighted by atomic mass is 9.73. The van der Waals surface area contributed by atoms with Crippen molar-refractivity contribution in [1.82, 2.24) is 5.32 Å². The molecule has 25 heavy (non-hydrogen) atoms. The number of amides is 1. The summed E-state index contributed by atoms with van der Waals surface area (Å²) in [4.78, 5) is 25.1. The molecule has 1 heterocycles. The summed E-state index contributed by atoms with van der Waals surface area (Å²) in [7, 11) is 0. The second kappa shape index (κ2) is 6.28.